The molecule has 0 radical (unpaired) electrons. The zero-order valence-electron chi connectivity index (χ0n) is 11.4. The summed E-state index contributed by atoms with van der Waals surface area (Å²) in [7, 11) is 0. The fourth-order valence-electron chi connectivity index (χ4n) is 2.83. The number of hydrogen-bond donors (Lipinski definition) is 1. The van der Waals surface area contributed by atoms with Gasteiger partial charge in [0, 0.05) is 9.89 Å². The van der Waals surface area contributed by atoms with E-state index in [1.807, 2.05) is 18.2 Å². The quantitative estimate of drug-likeness (QED) is 0.847. The van der Waals surface area contributed by atoms with Crippen molar-refractivity contribution in [1.29, 1.82) is 0 Å². The van der Waals surface area contributed by atoms with Crippen LogP contribution in [0.1, 0.15) is 44.1 Å². The number of rotatable bonds is 6. The van der Waals surface area contributed by atoms with E-state index in [9.17, 15) is 4.79 Å². The molecule has 108 valence electrons. The highest BCUT2D eigenvalue weighted by Gasteiger charge is 2.46. The monoisotopic (exact) mass is 338 g/mol. The average molecular weight is 339 g/mol. The molecule has 3 nitrogen and oxygen atoms in total. The number of hydrogen-bond acceptors (Lipinski definition) is 2. The second-order valence-electron chi connectivity index (χ2n) is 6.13. The van der Waals surface area contributed by atoms with Gasteiger partial charge < -0.3 is 9.84 Å². The molecule has 2 saturated carbocycles. The third kappa shape index (κ3) is 3.00. The minimum absolute atomic E-state index is 0.163. The van der Waals surface area contributed by atoms with Crippen LogP contribution in [0.15, 0.2) is 22.7 Å². The number of aliphatic carboxylic acids is 1. The van der Waals surface area contributed by atoms with Gasteiger partial charge in [0.15, 0.2) is 0 Å². The van der Waals surface area contributed by atoms with Crippen LogP contribution in [0.2, 0.25) is 0 Å². The molecule has 0 spiro atoms. The van der Waals surface area contributed by atoms with Crippen LogP contribution in [0.5, 0.6) is 5.75 Å². The lowest BCUT2D eigenvalue weighted by atomic mass is 9.86. The van der Waals surface area contributed by atoms with Gasteiger partial charge in [0.1, 0.15) is 5.75 Å². The highest BCUT2D eigenvalue weighted by Crippen LogP contribution is 2.52. The molecule has 0 heterocycles. The molecule has 1 N–H and O–H groups in total. The Labute approximate surface area is 127 Å². The van der Waals surface area contributed by atoms with Crippen LogP contribution in [0.4, 0.5) is 0 Å². The predicted molar refractivity (Wildman–Crippen MR) is 80.1 cm³/mol. The number of carboxylic acids is 1. The number of carboxylic acid groups (broad SMARTS) is 1. The Morgan fingerprint density at radius 2 is 2.10 bits per heavy atom. The van der Waals surface area contributed by atoms with Crippen LogP contribution in [0.25, 0.3) is 0 Å². The van der Waals surface area contributed by atoms with Crippen molar-refractivity contribution in [3.8, 4) is 5.75 Å². The van der Waals surface area contributed by atoms with Crippen molar-refractivity contribution in [2.75, 3.05) is 6.61 Å². The fourth-order valence-corrected chi connectivity index (χ4v) is 3.31. The maximum Gasteiger partial charge on any atom is 0.304 e. The molecule has 0 bridgehead atoms. The number of benzene rings is 1. The molecule has 0 unspecified atom stereocenters. The summed E-state index contributed by atoms with van der Waals surface area (Å²) in [6, 6.07) is 6.03. The molecule has 4 heteroatoms. The molecule has 0 atom stereocenters. The van der Waals surface area contributed by atoms with E-state index in [4.69, 9.17) is 9.84 Å². The Balaban J connectivity index is 1.74. The standard InChI is InChI=1S/C16H19BrO3/c17-13-6-12(16(4-5-16)9-15(18)19)7-14(8-13)20-10-11-2-1-3-11/h6-8,11H,1-5,9-10H2,(H,18,19). The topological polar surface area (TPSA) is 46.5 Å². The molecule has 2 fully saturated rings. The zero-order chi connectivity index (χ0) is 14.2. The van der Waals surface area contributed by atoms with Crippen LogP contribution >= 0.6 is 15.9 Å². The van der Waals surface area contributed by atoms with E-state index in [1.165, 1.54) is 19.3 Å². The predicted octanol–water partition coefficient (Wildman–Crippen LogP) is 4.13. The lowest BCUT2D eigenvalue weighted by Crippen LogP contribution is -2.19. The summed E-state index contributed by atoms with van der Waals surface area (Å²) < 4.78 is 6.85. The van der Waals surface area contributed by atoms with Gasteiger partial charge in [-0.2, -0.15) is 0 Å². The molecule has 2 aliphatic rings. The van der Waals surface area contributed by atoms with Crippen LogP contribution in [0.3, 0.4) is 0 Å². The van der Waals surface area contributed by atoms with Gasteiger partial charge in [0.2, 0.25) is 0 Å². The van der Waals surface area contributed by atoms with E-state index in [2.05, 4.69) is 15.9 Å². The largest absolute Gasteiger partial charge is 0.493 e. The van der Waals surface area contributed by atoms with Gasteiger partial charge in [-0.05, 0) is 55.4 Å². The molecule has 1 aromatic rings. The summed E-state index contributed by atoms with van der Waals surface area (Å²) in [5, 5.41) is 9.06. The first-order valence-corrected chi connectivity index (χ1v) is 8.02. The molecular weight excluding hydrogens is 320 g/mol. The number of halogens is 1. The molecule has 0 aliphatic heterocycles. The fraction of sp³-hybridized carbons (Fsp3) is 0.562. The molecule has 0 aromatic heterocycles. The highest BCUT2D eigenvalue weighted by atomic mass is 79.9. The van der Waals surface area contributed by atoms with Crippen LogP contribution in [-0.2, 0) is 10.2 Å². The van der Waals surface area contributed by atoms with E-state index >= 15 is 0 Å². The zero-order valence-corrected chi connectivity index (χ0v) is 13.0. The summed E-state index contributed by atoms with van der Waals surface area (Å²) in [5.74, 6) is 0.837. The van der Waals surface area contributed by atoms with Gasteiger partial charge in [0.25, 0.3) is 0 Å². The maximum absolute atomic E-state index is 11.0. The lowest BCUT2D eigenvalue weighted by Gasteiger charge is -2.25. The van der Waals surface area contributed by atoms with Crippen molar-refractivity contribution >= 4 is 21.9 Å². The van der Waals surface area contributed by atoms with E-state index in [-0.39, 0.29) is 11.8 Å². The van der Waals surface area contributed by atoms with Gasteiger partial charge in [-0.1, -0.05) is 22.4 Å². The van der Waals surface area contributed by atoms with Gasteiger partial charge in [-0.3, -0.25) is 4.79 Å². The summed E-state index contributed by atoms with van der Waals surface area (Å²) in [4.78, 5) is 11.0. The third-order valence-corrected chi connectivity index (χ3v) is 5.00. The van der Waals surface area contributed by atoms with Crippen molar-refractivity contribution in [1.82, 2.24) is 0 Å². The first kappa shape index (κ1) is 13.9. The Hall–Kier alpha value is -1.03. The van der Waals surface area contributed by atoms with E-state index < -0.39 is 5.97 Å². The Morgan fingerprint density at radius 1 is 1.35 bits per heavy atom. The Bertz CT molecular complexity index is 518. The van der Waals surface area contributed by atoms with E-state index in [0.29, 0.717) is 5.92 Å². The van der Waals surface area contributed by atoms with Gasteiger partial charge in [-0.25, -0.2) is 0 Å². The number of ether oxygens (including phenoxy) is 1. The molecule has 2 aliphatic carbocycles. The van der Waals surface area contributed by atoms with Crippen molar-refractivity contribution in [3.63, 3.8) is 0 Å². The molecular formula is C16H19BrO3. The van der Waals surface area contributed by atoms with Crippen LogP contribution in [-0.4, -0.2) is 17.7 Å². The third-order valence-electron chi connectivity index (χ3n) is 4.54. The van der Waals surface area contributed by atoms with Gasteiger partial charge in [0.05, 0.1) is 13.0 Å². The average Bonchev–Trinajstić information content (AvgIpc) is 3.06. The summed E-state index contributed by atoms with van der Waals surface area (Å²) in [6.45, 7) is 0.780. The van der Waals surface area contributed by atoms with Gasteiger partial charge >= 0.3 is 5.97 Å². The van der Waals surface area contributed by atoms with Crippen LogP contribution in [0, 0.1) is 5.92 Å². The SMILES string of the molecule is O=C(O)CC1(c2cc(Br)cc(OCC3CCC3)c2)CC1. The van der Waals surface area contributed by atoms with Crippen molar-refractivity contribution in [3.05, 3.63) is 28.2 Å². The minimum Gasteiger partial charge on any atom is -0.493 e. The van der Waals surface area contributed by atoms with Crippen molar-refractivity contribution in [2.45, 2.75) is 43.9 Å². The number of carbonyl (C=O) groups is 1. The smallest absolute Gasteiger partial charge is 0.304 e. The summed E-state index contributed by atoms with van der Waals surface area (Å²) in [5.41, 5.74) is 0.933. The van der Waals surface area contributed by atoms with Crippen LogP contribution < -0.4 is 4.74 Å². The normalized spacial score (nSPS) is 20.2. The van der Waals surface area contributed by atoms with E-state index in [1.54, 1.807) is 0 Å². The summed E-state index contributed by atoms with van der Waals surface area (Å²) in [6.07, 6.45) is 5.98. The highest BCUT2D eigenvalue weighted by molar-refractivity contribution is 9.10. The Morgan fingerprint density at radius 3 is 2.65 bits per heavy atom. The second kappa shape index (κ2) is 5.40. The van der Waals surface area contributed by atoms with Gasteiger partial charge in [-0.15, -0.1) is 0 Å². The first-order chi connectivity index (χ1) is 9.57. The molecule has 0 amide bonds. The minimum atomic E-state index is -0.723. The molecule has 1 aromatic carbocycles. The van der Waals surface area contributed by atoms with E-state index in [0.717, 1.165) is 35.2 Å². The van der Waals surface area contributed by atoms with Crippen molar-refractivity contribution in [2.24, 2.45) is 5.92 Å². The second-order valence-corrected chi connectivity index (χ2v) is 7.05. The van der Waals surface area contributed by atoms with Crippen molar-refractivity contribution < 1.29 is 14.6 Å². The molecule has 0 saturated heterocycles. The first-order valence-electron chi connectivity index (χ1n) is 7.23. The lowest BCUT2D eigenvalue weighted by molar-refractivity contribution is -0.137. The molecule has 3 rings (SSSR count). The molecule has 20 heavy (non-hydrogen) atoms. The Kier molecular flexibility index (Phi) is 3.76. The summed E-state index contributed by atoms with van der Waals surface area (Å²) >= 11 is 3.51. The maximum atomic E-state index is 11.0.